The normalized spacial score (nSPS) is 16.7. The lowest BCUT2D eigenvalue weighted by atomic mass is 10.1. The quantitative estimate of drug-likeness (QED) is 0.605. The number of anilines is 1. The summed E-state index contributed by atoms with van der Waals surface area (Å²) in [6.07, 6.45) is 3.21. The van der Waals surface area contributed by atoms with Crippen LogP contribution >= 0.6 is 0 Å². The Balaban J connectivity index is 1.79. The van der Waals surface area contributed by atoms with Crippen molar-refractivity contribution in [3.63, 3.8) is 0 Å². The maximum atomic E-state index is 13.1. The summed E-state index contributed by atoms with van der Waals surface area (Å²) in [6.45, 7) is 7.26. The smallest absolute Gasteiger partial charge is 0.256 e. The van der Waals surface area contributed by atoms with Crippen LogP contribution in [-0.4, -0.2) is 51.0 Å². The largest absolute Gasteiger partial charge is 0.489 e. The van der Waals surface area contributed by atoms with E-state index in [1.165, 1.54) is 10.4 Å². The zero-order chi connectivity index (χ0) is 23.1. The van der Waals surface area contributed by atoms with Gasteiger partial charge in [-0.1, -0.05) is 32.0 Å². The molecule has 8 heteroatoms. The van der Waals surface area contributed by atoms with Gasteiger partial charge < -0.3 is 14.8 Å². The Bertz CT molecular complexity index is 1030. The first-order valence-electron chi connectivity index (χ1n) is 11.1. The molecule has 1 fully saturated rings. The van der Waals surface area contributed by atoms with Crippen LogP contribution in [0.15, 0.2) is 47.4 Å². The van der Waals surface area contributed by atoms with Crippen molar-refractivity contribution in [1.82, 2.24) is 4.31 Å². The molecule has 1 aliphatic rings. The Hall–Kier alpha value is -2.42. The van der Waals surface area contributed by atoms with Crippen LogP contribution in [0.1, 0.15) is 49.0 Å². The summed E-state index contributed by atoms with van der Waals surface area (Å²) >= 11 is 0. The molecule has 1 aliphatic heterocycles. The Morgan fingerprint density at radius 3 is 2.59 bits per heavy atom. The Morgan fingerprint density at radius 1 is 1.16 bits per heavy atom. The first kappa shape index (κ1) is 24.2. The molecule has 174 valence electrons. The van der Waals surface area contributed by atoms with E-state index in [9.17, 15) is 13.2 Å². The maximum absolute atomic E-state index is 13.1. The minimum Gasteiger partial charge on any atom is -0.489 e. The van der Waals surface area contributed by atoms with Crippen LogP contribution < -0.4 is 10.1 Å². The van der Waals surface area contributed by atoms with Crippen LogP contribution in [0.2, 0.25) is 0 Å². The van der Waals surface area contributed by atoms with Crippen molar-refractivity contribution in [2.24, 2.45) is 0 Å². The fraction of sp³-hybridized carbons (Fsp3) is 0.458. The number of hydrogen-bond acceptors (Lipinski definition) is 5. The maximum Gasteiger partial charge on any atom is 0.256 e. The summed E-state index contributed by atoms with van der Waals surface area (Å²) in [4.78, 5) is 13.2. The van der Waals surface area contributed by atoms with Crippen LogP contribution in [0.4, 0.5) is 5.69 Å². The second-order valence-corrected chi connectivity index (χ2v) is 9.75. The molecule has 1 saturated heterocycles. The van der Waals surface area contributed by atoms with E-state index < -0.39 is 10.0 Å². The van der Waals surface area contributed by atoms with Crippen LogP contribution in [-0.2, 0) is 14.8 Å². The lowest BCUT2D eigenvalue weighted by molar-refractivity contribution is -0.0109. The predicted molar refractivity (Wildman–Crippen MR) is 125 cm³/mol. The van der Waals surface area contributed by atoms with Gasteiger partial charge in [0.25, 0.3) is 5.91 Å². The van der Waals surface area contributed by atoms with Crippen molar-refractivity contribution in [1.29, 1.82) is 0 Å². The van der Waals surface area contributed by atoms with E-state index in [0.717, 1.165) is 25.9 Å². The summed E-state index contributed by atoms with van der Waals surface area (Å²) in [5, 5.41) is 2.88. The number of sulfonamides is 1. The molecular weight excluding hydrogens is 428 g/mol. The van der Waals surface area contributed by atoms with Gasteiger partial charge >= 0.3 is 0 Å². The van der Waals surface area contributed by atoms with Gasteiger partial charge in [-0.2, -0.15) is 4.31 Å². The number of nitrogens with zero attached hydrogens (tertiary/aromatic N) is 1. The van der Waals surface area contributed by atoms with Gasteiger partial charge in [-0.15, -0.1) is 0 Å². The SMILES string of the molecule is CCN(CC)S(=O)(=O)c1ccc(C)c(C(=O)Nc2ccccc2OCC2CCCCO2)c1. The van der Waals surface area contributed by atoms with E-state index in [1.807, 2.05) is 12.1 Å². The molecule has 0 spiro atoms. The molecule has 1 heterocycles. The molecule has 2 aromatic carbocycles. The zero-order valence-corrected chi connectivity index (χ0v) is 19.8. The van der Waals surface area contributed by atoms with Crippen molar-refractivity contribution in [3.8, 4) is 5.75 Å². The lowest BCUT2D eigenvalue weighted by Gasteiger charge is -2.23. The topological polar surface area (TPSA) is 84.9 Å². The fourth-order valence-corrected chi connectivity index (χ4v) is 5.21. The molecule has 1 N–H and O–H groups in total. The highest BCUT2D eigenvalue weighted by Gasteiger charge is 2.24. The van der Waals surface area contributed by atoms with E-state index in [1.54, 1.807) is 45.0 Å². The summed E-state index contributed by atoms with van der Waals surface area (Å²) < 4.78 is 38.8. The second-order valence-electron chi connectivity index (χ2n) is 7.82. The molecule has 0 bridgehead atoms. The number of aryl methyl sites for hydroxylation is 1. The monoisotopic (exact) mass is 460 g/mol. The van der Waals surface area contributed by atoms with Crippen molar-refractivity contribution in [2.45, 2.75) is 51.0 Å². The minimum atomic E-state index is -3.66. The lowest BCUT2D eigenvalue weighted by Crippen LogP contribution is -2.30. The average molecular weight is 461 g/mol. The fourth-order valence-electron chi connectivity index (χ4n) is 3.73. The molecule has 1 unspecified atom stereocenters. The van der Waals surface area contributed by atoms with Crippen LogP contribution in [0, 0.1) is 6.92 Å². The van der Waals surface area contributed by atoms with Crippen molar-refractivity contribution in [3.05, 3.63) is 53.6 Å². The molecule has 1 atom stereocenters. The number of rotatable bonds is 9. The molecule has 0 aromatic heterocycles. The molecule has 1 amide bonds. The average Bonchev–Trinajstić information content (AvgIpc) is 2.80. The molecule has 2 aromatic rings. The standard InChI is InChI=1S/C24H32N2O5S/c1-4-26(5-2)32(28,29)20-14-13-18(3)21(16-20)24(27)25-22-11-6-7-12-23(22)31-17-19-10-8-9-15-30-19/h6-7,11-14,16,19H,4-5,8-10,15,17H2,1-3H3,(H,25,27). The summed E-state index contributed by atoms with van der Waals surface area (Å²) in [7, 11) is -3.66. The van der Waals surface area contributed by atoms with Crippen LogP contribution in [0.3, 0.4) is 0 Å². The van der Waals surface area contributed by atoms with Crippen molar-refractivity contribution >= 4 is 21.6 Å². The third kappa shape index (κ3) is 5.68. The molecule has 3 rings (SSSR count). The van der Waals surface area contributed by atoms with E-state index in [4.69, 9.17) is 9.47 Å². The van der Waals surface area contributed by atoms with Crippen molar-refractivity contribution in [2.75, 3.05) is 31.6 Å². The number of carbonyl (C=O) groups is 1. The van der Waals surface area contributed by atoms with Gasteiger partial charge in [-0.05, 0) is 56.0 Å². The first-order valence-corrected chi connectivity index (χ1v) is 12.6. The number of carbonyl (C=O) groups excluding carboxylic acids is 1. The summed E-state index contributed by atoms with van der Waals surface area (Å²) in [6, 6.07) is 11.9. The van der Waals surface area contributed by atoms with E-state index in [0.29, 0.717) is 42.3 Å². The molecule has 7 nitrogen and oxygen atoms in total. The number of para-hydroxylation sites is 2. The van der Waals surface area contributed by atoms with Gasteiger partial charge in [-0.25, -0.2) is 8.42 Å². The summed E-state index contributed by atoms with van der Waals surface area (Å²) in [5.41, 5.74) is 1.53. The van der Waals surface area contributed by atoms with E-state index >= 15 is 0 Å². The van der Waals surface area contributed by atoms with Crippen LogP contribution in [0.25, 0.3) is 0 Å². The van der Waals surface area contributed by atoms with Gasteiger partial charge in [0.1, 0.15) is 12.4 Å². The van der Waals surface area contributed by atoms with Crippen molar-refractivity contribution < 1.29 is 22.7 Å². The van der Waals surface area contributed by atoms with E-state index in [-0.39, 0.29) is 16.9 Å². The highest BCUT2D eigenvalue weighted by Crippen LogP contribution is 2.27. The molecule has 0 radical (unpaired) electrons. The first-order chi connectivity index (χ1) is 15.4. The third-order valence-electron chi connectivity index (χ3n) is 5.63. The van der Waals surface area contributed by atoms with Crippen LogP contribution in [0.5, 0.6) is 5.75 Å². The minimum absolute atomic E-state index is 0.0525. The molecule has 32 heavy (non-hydrogen) atoms. The molecular formula is C24H32N2O5S. The summed E-state index contributed by atoms with van der Waals surface area (Å²) in [5.74, 6) is 0.170. The zero-order valence-electron chi connectivity index (χ0n) is 19.0. The predicted octanol–water partition coefficient (Wildman–Crippen LogP) is 4.23. The highest BCUT2D eigenvalue weighted by atomic mass is 32.2. The second kappa shape index (κ2) is 10.9. The number of amides is 1. The number of ether oxygens (including phenoxy) is 2. The Labute approximate surface area is 190 Å². The molecule has 0 aliphatic carbocycles. The number of nitrogens with one attached hydrogen (secondary N) is 1. The highest BCUT2D eigenvalue weighted by molar-refractivity contribution is 7.89. The van der Waals surface area contributed by atoms with Gasteiger partial charge in [0.05, 0.1) is 16.7 Å². The van der Waals surface area contributed by atoms with Gasteiger partial charge in [0.2, 0.25) is 10.0 Å². The Kier molecular flexibility index (Phi) is 8.28. The Morgan fingerprint density at radius 2 is 1.91 bits per heavy atom. The number of hydrogen-bond donors (Lipinski definition) is 1. The van der Waals surface area contributed by atoms with E-state index in [2.05, 4.69) is 5.32 Å². The van der Waals surface area contributed by atoms with Gasteiger partial charge in [-0.3, -0.25) is 4.79 Å². The van der Waals surface area contributed by atoms with Gasteiger partial charge in [0.15, 0.2) is 0 Å². The third-order valence-corrected chi connectivity index (χ3v) is 7.68. The molecule has 0 saturated carbocycles. The number of benzene rings is 2. The van der Waals surface area contributed by atoms with Gasteiger partial charge in [0, 0.05) is 25.3 Å².